The zero-order valence-corrected chi connectivity index (χ0v) is 15.2. The average Bonchev–Trinajstić information content (AvgIpc) is 2.42. The normalized spacial score (nSPS) is 13.6. The molecule has 0 aliphatic carbocycles. The molecule has 0 aromatic carbocycles. The highest BCUT2D eigenvalue weighted by Gasteiger charge is 2.26. The van der Waals surface area contributed by atoms with Crippen molar-refractivity contribution in [3.63, 3.8) is 0 Å². The molecule has 0 aromatic rings. The molecule has 0 radical (unpaired) electrons. The van der Waals surface area contributed by atoms with E-state index in [2.05, 4.69) is 11.8 Å². The van der Waals surface area contributed by atoms with Crippen LogP contribution in [0.4, 0.5) is 0 Å². The van der Waals surface area contributed by atoms with E-state index in [1.165, 1.54) is 0 Å². The van der Waals surface area contributed by atoms with E-state index in [1.54, 1.807) is 13.0 Å². The third-order valence-electron chi connectivity index (χ3n) is 2.91. The van der Waals surface area contributed by atoms with Crippen molar-refractivity contribution in [1.82, 2.24) is 0 Å². The molecular formula is C18H36O3. The van der Waals surface area contributed by atoms with Crippen molar-refractivity contribution in [1.29, 1.82) is 0 Å². The topological polar surface area (TPSA) is 60.7 Å². The Morgan fingerprint density at radius 1 is 1.14 bits per heavy atom. The molecule has 0 saturated carbocycles. The molecule has 2 atom stereocenters. The number of hydrogen-bond donors (Lipinski definition) is 3. The van der Waals surface area contributed by atoms with Gasteiger partial charge in [-0.25, -0.2) is 0 Å². The van der Waals surface area contributed by atoms with E-state index < -0.39 is 12.2 Å². The number of allylic oxidation sites excluding steroid dienone is 1. The molecule has 0 spiro atoms. The Bertz CT molecular complexity index is 306. The summed E-state index contributed by atoms with van der Waals surface area (Å²) in [5, 5.41) is 28.0. The van der Waals surface area contributed by atoms with E-state index in [0.29, 0.717) is 12.8 Å². The molecule has 2 unspecified atom stereocenters. The second-order valence-electron chi connectivity index (χ2n) is 5.10. The molecule has 3 nitrogen and oxygen atoms in total. The molecule has 0 aliphatic heterocycles. The molecular weight excluding hydrogens is 264 g/mol. The first-order valence-corrected chi connectivity index (χ1v) is 7.92. The molecule has 0 saturated heterocycles. The summed E-state index contributed by atoms with van der Waals surface area (Å²) in [6.45, 7) is 15.4. The van der Waals surface area contributed by atoms with Gasteiger partial charge in [0.25, 0.3) is 0 Å². The lowest BCUT2D eigenvalue weighted by molar-refractivity contribution is 0.0210. The Morgan fingerprint density at radius 3 is 2.00 bits per heavy atom. The van der Waals surface area contributed by atoms with Gasteiger partial charge in [0.15, 0.2) is 0 Å². The first kappa shape index (κ1) is 25.2. The summed E-state index contributed by atoms with van der Waals surface area (Å²) in [5.41, 5.74) is 0.492. The van der Waals surface area contributed by atoms with Crippen molar-refractivity contribution < 1.29 is 15.3 Å². The third kappa shape index (κ3) is 15.4. The van der Waals surface area contributed by atoms with Crippen LogP contribution in [0, 0.1) is 17.3 Å². The zero-order valence-electron chi connectivity index (χ0n) is 15.2. The van der Waals surface area contributed by atoms with Gasteiger partial charge in [0, 0.05) is 6.42 Å². The second-order valence-corrected chi connectivity index (χ2v) is 5.10. The van der Waals surface area contributed by atoms with Crippen molar-refractivity contribution in [3.8, 4) is 11.8 Å². The van der Waals surface area contributed by atoms with Crippen molar-refractivity contribution in [2.24, 2.45) is 5.41 Å². The van der Waals surface area contributed by atoms with Crippen molar-refractivity contribution in [2.45, 2.75) is 80.4 Å². The fraction of sp³-hybridized carbons (Fsp3) is 0.778. The van der Waals surface area contributed by atoms with Crippen LogP contribution in [-0.2, 0) is 0 Å². The Kier molecular flexibility index (Phi) is 18.6. The molecule has 0 fully saturated rings. The molecule has 0 amide bonds. The zero-order chi connectivity index (χ0) is 17.5. The maximum absolute atomic E-state index is 9.79. The summed E-state index contributed by atoms with van der Waals surface area (Å²) in [6, 6.07) is 0. The first-order chi connectivity index (χ1) is 9.79. The van der Waals surface area contributed by atoms with Gasteiger partial charge in [-0.3, -0.25) is 0 Å². The SMILES string of the molecule is C/C(C#CCC(O)CC(C)(C)C(C)O)=C/CO.CC.CC. The lowest BCUT2D eigenvalue weighted by Crippen LogP contribution is -2.30. The van der Waals surface area contributed by atoms with E-state index >= 15 is 0 Å². The molecule has 0 rings (SSSR count). The van der Waals surface area contributed by atoms with Crippen LogP contribution in [0.1, 0.15) is 68.2 Å². The summed E-state index contributed by atoms with van der Waals surface area (Å²) in [4.78, 5) is 0. The van der Waals surface area contributed by atoms with Gasteiger partial charge in [0.2, 0.25) is 0 Å². The van der Waals surface area contributed by atoms with Gasteiger partial charge in [-0.1, -0.05) is 53.4 Å². The number of aliphatic hydroxyl groups is 3. The van der Waals surface area contributed by atoms with Gasteiger partial charge < -0.3 is 15.3 Å². The van der Waals surface area contributed by atoms with Gasteiger partial charge in [0.1, 0.15) is 0 Å². The maximum Gasteiger partial charge on any atom is 0.0655 e. The van der Waals surface area contributed by atoms with Crippen molar-refractivity contribution in [2.75, 3.05) is 6.61 Å². The van der Waals surface area contributed by atoms with E-state index in [-0.39, 0.29) is 12.0 Å². The predicted octanol–water partition coefficient (Wildman–Crippen LogP) is 3.53. The summed E-state index contributed by atoms with van der Waals surface area (Å²) in [5.74, 6) is 5.73. The van der Waals surface area contributed by atoms with Crippen LogP contribution in [-0.4, -0.2) is 34.1 Å². The van der Waals surface area contributed by atoms with Crippen LogP contribution in [0.15, 0.2) is 11.6 Å². The van der Waals surface area contributed by atoms with Gasteiger partial charge in [0.05, 0.1) is 18.8 Å². The van der Waals surface area contributed by atoms with Gasteiger partial charge >= 0.3 is 0 Å². The molecule has 21 heavy (non-hydrogen) atoms. The fourth-order valence-corrected chi connectivity index (χ4v) is 1.35. The highest BCUT2D eigenvalue weighted by atomic mass is 16.3. The van der Waals surface area contributed by atoms with Crippen molar-refractivity contribution >= 4 is 0 Å². The maximum atomic E-state index is 9.79. The van der Waals surface area contributed by atoms with Crippen LogP contribution >= 0.6 is 0 Å². The minimum absolute atomic E-state index is 0.0157. The standard InChI is InChI=1S/C14H24O3.2C2H6/c1-11(8-9-15)6-5-7-13(17)10-14(3,4)12(2)16;2*1-2/h8,12-13,15-17H,7,9-10H2,1-4H3;2*1-2H3/b11-8-;;. The summed E-state index contributed by atoms with van der Waals surface area (Å²) in [6.07, 6.45) is 1.53. The number of rotatable bonds is 5. The second kappa shape index (κ2) is 15.6. The monoisotopic (exact) mass is 300 g/mol. The fourth-order valence-electron chi connectivity index (χ4n) is 1.35. The van der Waals surface area contributed by atoms with E-state index in [4.69, 9.17) is 5.11 Å². The highest BCUT2D eigenvalue weighted by molar-refractivity contribution is 5.26. The molecule has 0 aromatic heterocycles. The Balaban J connectivity index is -0.000000739. The van der Waals surface area contributed by atoms with E-state index in [1.807, 2.05) is 48.5 Å². The lowest BCUT2D eigenvalue weighted by atomic mass is 9.81. The summed E-state index contributed by atoms with van der Waals surface area (Å²) >= 11 is 0. The highest BCUT2D eigenvalue weighted by Crippen LogP contribution is 2.27. The molecule has 126 valence electrons. The summed E-state index contributed by atoms with van der Waals surface area (Å²) in [7, 11) is 0. The lowest BCUT2D eigenvalue weighted by Gasteiger charge is -2.29. The smallest absolute Gasteiger partial charge is 0.0655 e. The number of aliphatic hydroxyl groups excluding tert-OH is 3. The molecule has 3 heteroatoms. The van der Waals surface area contributed by atoms with Gasteiger partial charge in [-0.05, 0) is 37.3 Å². The largest absolute Gasteiger partial charge is 0.393 e. The molecule has 0 bridgehead atoms. The average molecular weight is 300 g/mol. The van der Waals surface area contributed by atoms with E-state index in [9.17, 15) is 10.2 Å². The molecule has 0 heterocycles. The Morgan fingerprint density at radius 2 is 1.62 bits per heavy atom. The first-order valence-electron chi connectivity index (χ1n) is 7.92. The van der Waals surface area contributed by atoms with Gasteiger partial charge in [-0.15, -0.1) is 0 Å². The van der Waals surface area contributed by atoms with Crippen LogP contribution in [0.2, 0.25) is 0 Å². The van der Waals surface area contributed by atoms with Crippen LogP contribution < -0.4 is 0 Å². The van der Waals surface area contributed by atoms with E-state index in [0.717, 1.165) is 5.57 Å². The number of hydrogen-bond acceptors (Lipinski definition) is 3. The quantitative estimate of drug-likeness (QED) is 0.681. The third-order valence-corrected chi connectivity index (χ3v) is 2.91. The van der Waals surface area contributed by atoms with Gasteiger partial charge in [-0.2, -0.15) is 0 Å². The Hall–Kier alpha value is -0.820. The van der Waals surface area contributed by atoms with Crippen molar-refractivity contribution in [3.05, 3.63) is 11.6 Å². The molecule has 3 N–H and O–H groups in total. The van der Waals surface area contributed by atoms with Crippen LogP contribution in [0.3, 0.4) is 0 Å². The minimum Gasteiger partial charge on any atom is -0.393 e. The van der Waals surface area contributed by atoms with Crippen LogP contribution in [0.5, 0.6) is 0 Å². The van der Waals surface area contributed by atoms with Crippen LogP contribution in [0.25, 0.3) is 0 Å². The Labute approximate surface area is 132 Å². The predicted molar refractivity (Wildman–Crippen MR) is 92.0 cm³/mol. The minimum atomic E-state index is -0.533. The molecule has 0 aliphatic rings. The summed E-state index contributed by atoms with van der Waals surface area (Å²) < 4.78 is 0.